The number of piperidine rings is 1. The smallest absolute Gasteiger partial charge is 0.0409 e. The fourth-order valence-corrected chi connectivity index (χ4v) is 3.05. The third kappa shape index (κ3) is 4.20. The van der Waals surface area contributed by atoms with Gasteiger partial charge in [0.1, 0.15) is 0 Å². The third-order valence-corrected chi connectivity index (χ3v) is 4.25. The van der Waals surface area contributed by atoms with E-state index >= 15 is 0 Å². The molecule has 1 aromatic carbocycles. The number of nitrogens with one attached hydrogen (secondary N) is 1. The van der Waals surface area contributed by atoms with E-state index in [0.717, 1.165) is 18.1 Å². The van der Waals surface area contributed by atoms with Gasteiger partial charge in [-0.15, -0.1) is 0 Å². The molecular weight excluding hydrogens is 256 g/mol. The molecular formula is C16H25ClN2. The zero-order valence-corrected chi connectivity index (χ0v) is 12.8. The summed E-state index contributed by atoms with van der Waals surface area (Å²) >= 11 is 6.09. The molecule has 19 heavy (non-hydrogen) atoms. The summed E-state index contributed by atoms with van der Waals surface area (Å²) in [5, 5.41) is 4.49. The van der Waals surface area contributed by atoms with Crippen LogP contribution in [0.4, 0.5) is 0 Å². The van der Waals surface area contributed by atoms with E-state index in [1.165, 1.54) is 31.4 Å². The van der Waals surface area contributed by atoms with Crippen molar-refractivity contribution in [3.63, 3.8) is 0 Å². The van der Waals surface area contributed by atoms with E-state index in [1.807, 2.05) is 12.1 Å². The van der Waals surface area contributed by atoms with Crippen molar-refractivity contribution in [1.82, 2.24) is 10.2 Å². The Morgan fingerprint density at radius 1 is 1.47 bits per heavy atom. The van der Waals surface area contributed by atoms with Gasteiger partial charge >= 0.3 is 0 Å². The molecule has 0 bridgehead atoms. The Morgan fingerprint density at radius 2 is 2.32 bits per heavy atom. The summed E-state index contributed by atoms with van der Waals surface area (Å²) in [7, 11) is 0. The van der Waals surface area contributed by atoms with E-state index < -0.39 is 0 Å². The number of hydrogen-bond donors (Lipinski definition) is 1. The van der Waals surface area contributed by atoms with Crippen LogP contribution in [-0.2, 0) is 0 Å². The predicted molar refractivity (Wildman–Crippen MR) is 82.8 cm³/mol. The lowest BCUT2D eigenvalue weighted by Gasteiger charge is -2.37. The van der Waals surface area contributed by atoms with Crippen LogP contribution in [0.3, 0.4) is 0 Å². The molecule has 2 unspecified atom stereocenters. The summed E-state index contributed by atoms with van der Waals surface area (Å²) < 4.78 is 0. The van der Waals surface area contributed by atoms with Gasteiger partial charge in [-0.2, -0.15) is 0 Å². The Morgan fingerprint density at radius 3 is 3.05 bits per heavy atom. The molecule has 1 heterocycles. The Balaban J connectivity index is 1.96. The van der Waals surface area contributed by atoms with Crippen LogP contribution in [0.5, 0.6) is 0 Å². The molecule has 0 radical (unpaired) electrons. The van der Waals surface area contributed by atoms with Crippen LogP contribution in [0.2, 0.25) is 5.02 Å². The van der Waals surface area contributed by atoms with Crippen molar-refractivity contribution in [1.29, 1.82) is 0 Å². The van der Waals surface area contributed by atoms with Gasteiger partial charge in [0.15, 0.2) is 0 Å². The maximum absolute atomic E-state index is 6.09. The molecule has 2 rings (SSSR count). The van der Waals surface area contributed by atoms with Crippen molar-refractivity contribution in [2.24, 2.45) is 0 Å². The van der Waals surface area contributed by atoms with E-state index in [0.29, 0.717) is 12.1 Å². The largest absolute Gasteiger partial charge is 0.313 e. The molecule has 1 aromatic rings. The lowest BCUT2D eigenvalue weighted by molar-refractivity contribution is 0.146. The third-order valence-electron chi connectivity index (χ3n) is 4.01. The molecule has 0 aromatic heterocycles. The fraction of sp³-hybridized carbons (Fsp3) is 0.625. The van der Waals surface area contributed by atoms with Gasteiger partial charge in [-0.05, 0) is 57.0 Å². The lowest BCUT2D eigenvalue weighted by atomic mass is 10.0. The van der Waals surface area contributed by atoms with Crippen LogP contribution >= 0.6 is 11.6 Å². The Kier molecular flexibility index (Phi) is 5.68. The summed E-state index contributed by atoms with van der Waals surface area (Å²) in [5.74, 6) is 0. The summed E-state index contributed by atoms with van der Waals surface area (Å²) in [4.78, 5) is 2.57. The Labute approximate surface area is 122 Å². The normalized spacial score (nSPS) is 22.4. The van der Waals surface area contributed by atoms with E-state index in [1.54, 1.807) is 0 Å². The number of benzene rings is 1. The predicted octanol–water partition coefficient (Wildman–Crippen LogP) is 3.87. The average Bonchev–Trinajstić information content (AvgIpc) is 2.44. The standard InChI is InChI=1S/C16H25ClN2/c1-3-9-18-16-8-5-10-19(12-16)13(2)14-6-4-7-15(17)11-14/h4,6-7,11,13,16,18H,3,5,8-10,12H2,1-2H3. The van der Waals surface area contributed by atoms with Gasteiger partial charge in [0.05, 0.1) is 0 Å². The van der Waals surface area contributed by atoms with E-state index in [9.17, 15) is 0 Å². The Hall–Kier alpha value is -0.570. The zero-order valence-electron chi connectivity index (χ0n) is 12.0. The van der Waals surface area contributed by atoms with Gasteiger partial charge in [0, 0.05) is 23.7 Å². The highest BCUT2D eigenvalue weighted by Crippen LogP contribution is 2.25. The molecule has 0 spiro atoms. The second kappa shape index (κ2) is 7.28. The van der Waals surface area contributed by atoms with Crippen LogP contribution in [-0.4, -0.2) is 30.6 Å². The minimum absolute atomic E-state index is 0.449. The van der Waals surface area contributed by atoms with E-state index in [-0.39, 0.29) is 0 Å². The van der Waals surface area contributed by atoms with Crippen molar-refractivity contribution in [2.45, 2.75) is 45.2 Å². The van der Waals surface area contributed by atoms with Crippen LogP contribution < -0.4 is 5.32 Å². The van der Waals surface area contributed by atoms with Gasteiger partial charge in [-0.3, -0.25) is 4.90 Å². The second-order valence-electron chi connectivity index (χ2n) is 5.52. The first-order valence-corrected chi connectivity index (χ1v) is 7.81. The van der Waals surface area contributed by atoms with Gasteiger partial charge in [-0.25, -0.2) is 0 Å². The molecule has 1 N–H and O–H groups in total. The summed E-state index contributed by atoms with van der Waals surface area (Å²) in [5.41, 5.74) is 1.32. The van der Waals surface area contributed by atoms with Gasteiger partial charge in [0.25, 0.3) is 0 Å². The molecule has 1 aliphatic heterocycles. The van der Waals surface area contributed by atoms with Crippen molar-refractivity contribution in [3.05, 3.63) is 34.9 Å². The zero-order chi connectivity index (χ0) is 13.7. The molecule has 3 heteroatoms. The highest BCUT2D eigenvalue weighted by atomic mass is 35.5. The maximum Gasteiger partial charge on any atom is 0.0409 e. The summed E-state index contributed by atoms with van der Waals surface area (Å²) in [6, 6.07) is 9.36. The van der Waals surface area contributed by atoms with Gasteiger partial charge < -0.3 is 5.32 Å². The Bertz CT molecular complexity index is 394. The minimum atomic E-state index is 0.449. The van der Waals surface area contributed by atoms with Crippen LogP contribution in [0.15, 0.2) is 24.3 Å². The monoisotopic (exact) mass is 280 g/mol. The first-order valence-electron chi connectivity index (χ1n) is 7.43. The highest BCUT2D eigenvalue weighted by Gasteiger charge is 2.23. The number of halogens is 1. The van der Waals surface area contributed by atoms with Crippen molar-refractivity contribution >= 4 is 11.6 Å². The van der Waals surface area contributed by atoms with E-state index in [2.05, 4.69) is 36.2 Å². The molecule has 0 saturated carbocycles. The maximum atomic E-state index is 6.09. The van der Waals surface area contributed by atoms with Crippen molar-refractivity contribution < 1.29 is 0 Å². The summed E-state index contributed by atoms with van der Waals surface area (Å²) in [6.07, 6.45) is 3.80. The molecule has 1 fully saturated rings. The minimum Gasteiger partial charge on any atom is -0.313 e. The number of likely N-dealkylation sites (tertiary alicyclic amines) is 1. The highest BCUT2D eigenvalue weighted by molar-refractivity contribution is 6.30. The molecule has 1 saturated heterocycles. The van der Waals surface area contributed by atoms with Crippen LogP contribution in [0.1, 0.15) is 44.7 Å². The van der Waals surface area contributed by atoms with Gasteiger partial charge in [-0.1, -0.05) is 30.7 Å². The molecule has 0 aliphatic carbocycles. The molecule has 0 amide bonds. The first-order chi connectivity index (χ1) is 9.20. The number of nitrogens with zero attached hydrogens (tertiary/aromatic N) is 1. The average molecular weight is 281 g/mol. The molecule has 2 nitrogen and oxygen atoms in total. The fourth-order valence-electron chi connectivity index (χ4n) is 2.85. The quantitative estimate of drug-likeness (QED) is 0.881. The SMILES string of the molecule is CCCNC1CCCN(C(C)c2cccc(Cl)c2)C1. The lowest BCUT2D eigenvalue weighted by Crippen LogP contribution is -2.46. The molecule has 1 aliphatic rings. The van der Waals surface area contributed by atoms with Crippen molar-refractivity contribution in [3.8, 4) is 0 Å². The molecule has 106 valence electrons. The van der Waals surface area contributed by atoms with Crippen LogP contribution in [0.25, 0.3) is 0 Å². The summed E-state index contributed by atoms with van der Waals surface area (Å²) in [6.45, 7) is 7.98. The van der Waals surface area contributed by atoms with E-state index in [4.69, 9.17) is 11.6 Å². The topological polar surface area (TPSA) is 15.3 Å². The molecule has 2 atom stereocenters. The first kappa shape index (κ1) is 14.8. The van der Waals surface area contributed by atoms with Gasteiger partial charge in [0.2, 0.25) is 0 Å². The number of hydrogen-bond acceptors (Lipinski definition) is 2. The second-order valence-corrected chi connectivity index (χ2v) is 5.96. The number of rotatable bonds is 5. The van der Waals surface area contributed by atoms with Crippen LogP contribution in [0, 0.1) is 0 Å². The van der Waals surface area contributed by atoms with Crippen molar-refractivity contribution in [2.75, 3.05) is 19.6 Å².